The summed E-state index contributed by atoms with van der Waals surface area (Å²) in [6, 6.07) is 7.82. The zero-order valence-electron chi connectivity index (χ0n) is 12.0. The Labute approximate surface area is 122 Å². The lowest BCUT2D eigenvalue weighted by molar-refractivity contribution is -0.121. The minimum absolute atomic E-state index is 0.0354. The zero-order valence-corrected chi connectivity index (χ0v) is 12.0. The van der Waals surface area contributed by atoms with Crippen LogP contribution in [-0.2, 0) is 11.2 Å². The third-order valence-corrected chi connectivity index (χ3v) is 3.59. The molecule has 3 aromatic rings. The van der Waals surface area contributed by atoms with Crippen LogP contribution in [-0.4, -0.2) is 26.1 Å². The van der Waals surface area contributed by atoms with Gasteiger partial charge in [-0.1, -0.05) is 18.2 Å². The Bertz CT molecular complexity index is 760. The number of carbonyl (C=O) groups excluding carboxylic acids is 1. The van der Waals surface area contributed by atoms with E-state index < -0.39 is 0 Å². The second kappa shape index (κ2) is 5.40. The minimum Gasteiger partial charge on any atom is -0.358 e. The number of nitrogens with zero attached hydrogens (tertiary/aromatic N) is 2. The van der Waals surface area contributed by atoms with Crippen molar-refractivity contribution in [2.75, 3.05) is 0 Å². The van der Waals surface area contributed by atoms with Gasteiger partial charge in [0.1, 0.15) is 12.2 Å². The smallest absolute Gasteiger partial charge is 0.225 e. The van der Waals surface area contributed by atoms with Crippen LogP contribution >= 0.6 is 0 Å². The number of nitrogens with one attached hydrogen (secondary N) is 3. The summed E-state index contributed by atoms with van der Waals surface area (Å²) in [7, 11) is 0. The molecule has 1 unspecified atom stereocenters. The van der Waals surface area contributed by atoms with Crippen molar-refractivity contribution in [2.24, 2.45) is 0 Å². The van der Waals surface area contributed by atoms with Crippen LogP contribution in [0.1, 0.15) is 30.0 Å². The molecule has 3 N–H and O–H groups in total. The number of aryl methyl sites for hydroxylation is 1. The van der Waals surface area contributed by atoms with Crippen molar-refractivity contribution >= 4 is 16.8 Å². The number of hydrogen-bond acceptors (Lipinski definition) is 3. The fourth-order valence-electron chi connectivity index (χ4n) is 2.51. The maximum Gasteiger partial charge on any atom is 0.225 e. The van der Waals surface area contributed by atoms with Gasteiger partial charge in [-0.15, -0.1) is 0 Å². The molecule has 6 heteroatoms. The molecule has 3 rings (SSSR count). The standard InChI is InChI=1S/C15H17N5O/c1-9-12(11-5-3-4-6-13(11)18-9)7-14(21)19-10(2)15-16-8-17-20-15/h3-6,8,10,18H,7H2,1-2H3,(H,19,21)(H,16,17,20). The Kier molecular flexibility index (Phi) is 3.43. The van der Waals surface area contributed by atoms with Crippen LogP contribution < -0.4 is 5.32 Å². The Morgan fingerprint density at radius 3 is 2.95 bits per heavy atom. The number of rotatable bonds is 4. The van der Waals surface area contributed by atoms with Gasteiger partial charge >= 0.3 is 0 Å². The number of para-hydroxylation sites is 1. The van der Waals surface area contributed by atoms with Crippen LogP contribution in [0, 0.1) is 6.92 Å². The van der Waals surface area contributed by atoms with Crippen molar-refractivity contribution in [1.82, 2.24) is 25.5 Å². The Morgan fingerprint density at radius 2 is 2.19 bits per heavy atom. The van der Waals surface area contributed by atoms with Crippen molar-refractivity contribution in [1.29, 1.82) is 0 Å². The summed E-state index contributed by atoms with van der Waals surface area (Å²) in [5.41, 5.74) is 3.12. The summed E-state index contributed by atoms with van der Waals surface area (Å²) in [4.78, 5) is 19.6. The summed E-state index contributed by atoms with van der Waals surface area (Å²) in [6.45, 7) is 3.86. The Balaban J connectivity index is 1.76. The van der Waals surface area contributed by atoms with Crippen molar-refractivity contribution in [3.8, 4) is 0 Å². The van der Waals surface area contributed by atoms with Crippen LogP contribution in [0.5, 0.6) is 0 Å². The summed E-state index contributed by atoms with van der Waals surface area (Å²) < 4.78 is 0. The van der Waals surface area contributed by atoms with Gasteiger partial charge in [0.25, 0.3) is 0 Å². The minimum atomic E-state index is -0.189. The topological polar surface area (TPSA) is 86.5 Å². The third-order valence-electron chi connectivity index (χ3n) is 3.59. The van der Waals surface area contributed by atoms with Crippen molar-refractivity contribution in [2.45, 2.75) is 26.3 Å². The fraction of sp³-hybridized carbons (Fsp3) is 0.267. The zero-order chi connectivity index (χ0) is 14.8. The van der Waals surface area contributed by atoms with Crippen molar-refractivity contribution in [3.05, 3.63) is 47.7 Å². The highest BCUT2D eigenvalue weighted by molar-refractivity contribution is 5.90. The van der Waals surface area contributed by atoms with E-state index in [4.69, 9.17) is 0 Å². The monoisotopic (exact) mass is 283 g/mol. The van der Waals surface area contributed by atoms with Gasteiger partial charge in [-0.05, 0) is 25.5 Å². The van der Waals surface area contributed by atoms with E-state index in [1.165, 1.54) is 6.33 Å². The first kappa shape index (κ1) is 13.4. The number of benzene rings is 1. The first-order chi connectivity index (χ1) is 10.1. The molecule has 21 heavy (non-hydrogen) atoms. The molecule has 1 amide bonds. The lowest BCUT2D eigenvalue weighted by Gasteiger charge is -2.11. The van der Waals surface area contributed by atoms with E-state index in [0.717, 1.165) is 22.2 Å². The van der Waals surface area contributed by atoms with Gasteiger partial charge in [-0.2, -0.15) is 5.10 Å². The molecule has 0 fully saturated rings. The van der Waals surface area contributed by atoms with E-state index in [-0.39, 0.29) is 11.9 Å². The Morgan fingerprint density at radius 1 is 1.38 bits per heavy atom. The van der Waals surface area contributed by atoms with Crippen LogP contribution in [0.4, 0.5) is 0 Å². The first-order valence-corrected chi connectivity index (χ1v) is 6.86. The maximum absolute atomic E-state index is 12.2. The molecule has 0 radical (unpaired) electrons. The fourth-order valence-corrected chi connectivity index (χ4v) is 2.51. The van der Waals surface area contributed by atoms with Crippen molar-refractivity contribution < 1.29 is 4.79 Å². The van der Waals surface area contributed by atoms with Gasteiger partial charge in [-0.25, -0.2) is 4.98 Å². The predicted molar refractivity (Wildman–Crippen MR) is 79.7 cm³/mol. The largest absolute Gasteiger partial charge is 0.358 e. The first-order valence-electron chi connectivity index (χ1n) is 6.86. The number of aromatic nitrogens is 4. The van der Waals surface area contributed by atoms with Crippen LogP contribution in [0.15, 0.2) is 30.6 Å². The average molecular weight is 283 g/mol. The van der Waals surface area contributed by atoms with E-state index in [2.05, 4.69) is 25.5 Å². The van der Waals surface area contributed by atoms with Gasteiger partial charge in [0.05, 0.1) is 12.5 Å². The molecular weight excluding hydrogens is 266 g/mol. The summed E-state index contributed by atoms with van der Waals surface area (Å²) in [6.07, 6.45) is 1.77. The third kappa shape index (κ3) is 2.65. The van der Waals surface area contributed by atoms with Gasteiger partial charge in [0, 0.05) is 16.6 Å². The lowest BCUT2D eigenvalue weighted by Crippen LogP contribution is -2.28. The number of carbonyl (C=O) groups is 1. The van der Waals surface area contributed by atoms with E-state index in [9.17, 15) is 4.79 Å². The van der Waals surface area contributed by atoms with Gasteiger partial charge in [-0.3, -0.25) is 9.89 Å². The number of H-pyrrole nitrogens is 2. The summed E-state index contributed by atoms with van der Waals surface area (Å²) >= 11 is 0. The molecule has 108 valence electrons. The number of amides is 1. The van der Waals surface area contributed by atoms with E-state index in [1.807, 2.05) is 38.1 Å². The SMILES string of the molecule is Cc1[nH]c2ccccc2c1CC(=O)NC(C)c1ncn[nH]1. The molecule has 0 aliphatic rings. The summed E-state index contributed by atoms with van der Waals surface area (Å²) in [5, 5.41) is 10.6. The average Bonchev–Trinajstić information content (AvgIpc) is 3.08. The second-order valence-electron chi connectivity index (χ2n) is 5.11. The van der Waals surface area contributed by atoms with E-state index in [0.29, 0.717) is 12.2 Å². The van der Waals surface area contributed by atoms with Crippen LogP contribution in [0.25, 0.3) is 10.9 Å². The van der Waals surface area contributed by atoms with E-state index >= 15 is 0 Å². The number of hydrogen-bond donors (Lipinski definition) is 3. The highest BCUT2D eigenvalue weighted by Gasteiger charge is 2.15. The molecule has 0 saturated carbocycles. The molecule has 0 saturated heterocycles. The van der Waals surface area contributed by atoms with Gasteiger partial charge in [0.15, 0.2) is 0 Å². The molecule has 0 bridgehead atoms. The molecule has 0 aliphatic carbocycles. The highest BCUT2D eigenvalue weighted by Crippen LogP contribution is 2.22. The molecule has 0 aliphatic heterocycles. The van der Waals surface area contributed by atoms with Crippen LogP contribution in [0.2, 0.25) is 0 Å². The van der Waals surface area contributed by atoms with E-state index in [1.54, 1.807) is 0 Å². The normalized spacial score (nSPS) is 12.5. The lowest BCUT2D eigenvalue weighted by atomic mass is 10.1. The molecule has 6 nitrogen and oxygen atoms in total. The predicted octanol–water partition coefficient (Wildman–Crippen LogP) is 2.01. The van der Waals surface area contributed by atoms with Gasteiger partial charge in [0.2, 0.25) is 5.91 Å². The number of aromatic amines is 2. The molecule has 2 aromatic heterocycles. The quantitative estimate of drug-likeness (QED) is 0.684. The molecule has 0 spiro atoms. The molecule has 2 heterocycles. The number of fused-ring (bicyclic) bond motifs is 1. The summed E-state index contributed by atoms with van der Waals surface area (Å²) in [5.74, 6) is 0.616. The molecule has 1 atom stereocenters. The van der Waals surface area contributed by atoms with Crippen molar-refractivity contribution in [3.63, 3.8) is 0 Å². The maximum atomic E-state index is 12.2. The van der Waals surface area contributed by atoms with Crippen LogP contribution in [0.3, 0.4) is 0 Å². The van der Waals surface area contributed by atoms with Gasteiger partial charge < -0.3 is 10.3 Å². The highest BCUT2D eigenvalue weighted by atomic mass is 16.1. The second-order valence-corrected chi connectivity index (χ2v) is 5.11. The Hall–Kier alpha value is -2.63. The molecule has 1 aromatic carbocycles. The molecular formula is C15H17N5O.